The van der Waals surface area contributed by atoms with Gasteiger partial charge in [0.15, 0.2) is 5.96 Å². The Morgan fingerprint density at radius 2 is 1.89 bits per heavy atom. The molecule has 1 aromatic heterocycles. The molecule has 27 heavy (non-hydrogen) atoms. The molecule has 0 aliphatic heterocycles. The third-order valence-electron chi connectivity index (χ3n) is 3.86. The Bertz CT molecular complexity index is 850. The van der Waals surface area contributed by atoms with Crippen LogP contribution in [0.1, 0.15) is 11.3 Å². The van der Waals surface area contributed by atoms with Crippen LogP contribution < -0.4 is 15.8 Å². The number of hydrogen-bond donors (Lipinski definition) is 2. The first-order chi connectivity index (χ1) is 12.7. The molecule has 3 rings (SSSR count). The number of aliphatic imine (C=N–C) groups is 1. The van der Waals surface area contributed by atoms with E-state index < -0.39 is 0 Å². The second-order valence-corrected chi connectivity index (χ2v) is 6.59. The lowest BCUT2D eigenvalue weighted by atomic mass is 10.1. The van der Waals surface area contributed by atoms with Crippen molar-refractivity contribution < 1.29 is 4.74 Å². The molecular formula is C20H23IN4OS. The Morgan fingerprint density at radius 1 is 1.15 bits per heavy atom. The molecule has 0 aliphatic carbocycles. The average Bonchev–Trinajstić information content (AvgIpc) is 3.16. The molecule has 0 unspecified atom stereocenters. The highest BCUT2D eigenvalue weighted by molar-refractivity contribution is 14.0. The van der Waals surface area contributed by atoms with Gasteiger partial charge in [-0.1, -0.05) is 30.3 Å². The molecule has 0 spiro atoms. The summed E-state index contributed by atoms with van der Waals surface area (Å²) in [5.41, 5.74) is 9.19. The van der Waals surface area contributed by atoms with Gasteiger partial charge in [0.2, 0.25) is 0 Å². The smallest absolute Gasteiger partial charge is 0.188 e. The zero-order chi connectivity index (χ0) is 18.2. The predicted molar refractivity (Wildman–Crippen MR) is 123 cm³/mol. The van der Waals surface area contributed by atoms with Crippen LogP contribution in [0, 0.1) is 0 Å². The van der Waals surface area contributed by atoms with E-state index in [9.17, 15) is 0 Å². The molecule has 5 nitrogen and oxygen atoms in total. The maximum absolute atomic E-state index is 5.94. The third kappa shape index (κ3) is 6.51. The lowest BCUT2D eigenvalue weighted by Crippen LogP contribution is -2.33. The van der Waals surface area contributed by atoms with Crippen LogP contribution in [0.5, 0.6) is 5.75 Å². The molecule has 7 heteroatoms. The van der Waals surface area contributed by atoms with E-state index in [-0.39, 0.29) is 24.0 Å². The summed E-state index contributed by atoms with van der Waals surface area (Å²) in [6, 6.07) is 18.2. The van der Waals surface area contributed by atoms with Crippen molar-refractivity contribution in [3.63, 3.8) is 0 Å². The van der Waals surface area contributed by atoms with Crippen LogP contribution in [0.2, 0.25) is 0 Å². The molecule has 1 heterocycles. The van der Waals surface area contributed by atoms with Crippen molar-refractivity contribution in [2.75, 3.05) is 13.7 Å². The van der Waals surface area contributed by atoms with Gasteiger partial charge in [0.1, 0.15) is 10.8 Å². The highest BCUT2D eigenvalue weighted by Gasteiger charge is 2.05. The van der Waals surface area contributed by atoms with Crippen LogP contribution in [0.25, 0.3) is 10.6 Å². The number of methoxy groups -OCH3 is 1. The number of halogens is 1. The minimum absolute atomic E-state index is 0. The van der Waals surface area contributed by atoms with Gasteiger partial charge >= 0.3 is 0 Å². The maximum Gasteiger partial charge on any atom is 0.188 e. The zero-order valence-electron chi connectivity index (χ0n) is 15.1. The van der Waals surface area contributed by atoms with E-state index in [2.05, 4.69) is 27.4 Å². The summed E-state index contributed by atoms with van der Waals surface area (Å²) in [6.07, 6.45) is 0.912. The van der Waals surface area contributed by atoms with Crippen LogP contribution in [-0.2, 0) is 13.0 Å². The first-order valence-corrected chi connectivity index (χ1v) is 9.29. The Morgan fingerprint density at radius 3 is 2.59 bits per heavy atom. The van der Waals surface area contributed by atoms with E-state index in [0.717, 1.165) is 35.0 Å². The van der Waals surface area contributed by atoms with Gasteiger partial charge in [-0.05, 0) is 36.2 Å². The number of nitrogens with zero attached hydrogens (tertiary/aromatic N) is 2. The van der Waals surface area contributed by atoms with Crippen molar-refractivity contribution in [3.8, 4) is 16.3 Å². The van der Waals surface area contributed by atoms with E-state index in [0.29, 0.717) is 12.5 Å². The van der Waals surface area contributed by atoms with Gasteiger partial charge in [0.05, 0.1) is 19.3 Å². The molecule has 0 saturated carbocycles. The summed E-state index contributed by atoms with van der Waals surface area (Å²) in [5, 5.41) is 6.12. The number of ether oxygens (including phenoxy) is 1. The Labute approximate surface area is 180 Å². The number of guanidine groups is 1. The fraction of sp³-hybridized carbons (Fsp3) is 0.200. The number of nitrogens with two attached hydrogens (primary N) is 1. The van der Waals surface area contributed by atoms with E-state index >= 15 is 0 Å². The number of thiazole rings is 1. The van der Waals surface area contributed by atoms with Crippen LogP contribution in [0.3, 0.4) is 0 Å². The molecule has 0 atom stereocenters. The molecule has 0 aliphatic rings. The number of nitrogens with one attached hydrogen (secondary N) is 1. The highest BCUT2D eigenvalue weighted by atomic mass is 127. The SMILES string of the molecule is COc1ccc(-c2nc(CN=C(N)NCCc3ccccc3)cs2)cc1.I. The van der Waals surface area contributed by atoms with Crippen LogP contribution >= 0.6 is 35.3 Å². The fourth-order valence-corrected chi connectivity index (χ4v) is 3.26. The molecule has 3 N–H and O–H groups in total. The maximum atomic E-state index is 5.94. The van der Waals surface area contributed by atoms with Crippen molar-refractivity contribution in [1.29, 1.82) is 0 Å². The normalized spacial score (nSPS) is 10.9. The number of hydrogen-bond acceptors (Lipinski definition) is 4. The summed E-state index contributed by atoms with van der Waals surface area (Å²) in [7, 11) is 1.66. The predicted octanol–water partition coefficient (Wildman–Crippen LogP) is 4.08. The van der Waals surface area contributed by atoms with Crippen molar-refractivity contribution in [1.82, 2.24) is 10.3 Å². The summed E-state index contributed by atoms with van der Waals surface area (Å²) in [6.45, 7) is 1.23. The number of benzene rings is 2. The van der Waals surface area contributed by atoms with Gasteiger partial charge in [-0.3, -0.25) is 0 Å². The summed E-state index contributed by atoms with van der Waals surface area (Å²) < 4.78 is 5.18. The largest absolute Gasteiger partial charge is 0.497 e. The third-order valence-corrected chi connectivity index (χ3v) is 4.80. The fourth-order valence-electron chi connectivity index (χ4n) is 2.45. The topological polar surface area (TPSA) is 72.5 Å². The van der Waals surface area contributed by atoms with Crippen LogP contribution in [0.4, 0.5) is 0 Å². The summed E-state index contributed by atoms with van der Waals surface area (Å²) in [4.78, 5) is 8.99. The Balaban J connectivity index is 0.00000261. The molecule has 3 aromatic rings. The minimum atomic E-state index is 0. The van der Waals surface area contributed by atoms with Gasteiger partial charge in [-0.2, -0.15) is 0 Å². The molecule has 0 saturated heterocycles. The molecular weight excluding hydrogens is 471 g/mol. The van der Waals surface area contributed by atoms with Crippen molar-refractivity contribution in [3.05, 3.63) is 71.2 Å². The lowest BCUT2D eigenvalue weighted by Gasteiger charge is -2.05. The molecule has 142 valence electrons. The Kier molecular flexibility index (Phi) is 8.53. The summed E-state index contributed by atoms with van der Waals surface area (Å²) >= 11 is 1.60. The monoisotopic (exact) mass is 494 g/mol. The van der Waals surface area contributed by atoms with Crippen molar-refractivity contribution in [2.24, 2.45) is 10.7 Å². The van der Waals surface area contributed by atoms with Gasteiger partial charge in [0.25, 0.3) is 0 Å². The highest BCUT2D eigenvalue weighted by Crippen LogP contribution is 2.25. The minimum Gasteiger partial charge on any atom is -0.497 e. The quantitative estimate of drug-likeness (QED) is 0.295. The second kappa shape index (κ2) is 10.9. The Hall–Kier alpha value is -2.13. The lowest BCUT2D eigenvalue weighted by molar-refractivity contribution is 0.415. The van der Waals surface area contributed by atoms with Crippen LogP contribution in [0.15, 0.2) is 65.0 Å². The van der Waals surface area contributed by atoms with E-state index in [1.165, 1.54) is 5.56 Å². The van der Waals surface area contributed by atoms with Crippen molar-refractivity contribution in [2.45, 2.75) is 13.0 Å². The standard InChI is InChI=1S/C20H22N4OS.HI/c1-25-18-9-7-16(8-10-18)19-24-17(14-26-19)13-23-20(21)22-12-11-15-5-3-2-4-6-15;/h2-10,14H,11-13H2,1H3,(H3,21,22,23);1H. The van der Waals surface area contributed by atoms with E-state index in [4.69, 9.17) is 10.5 Å². The van der Waals surface area contributed by atoms with E-state index in [1.54, 1.807) is 18.4 Å². The zero-order valence-corrected chi connectivity index (χ0v) is 18.2. The first-order valence-electron chi connectivity index (χ1n) is 8.41. The number of rotatable bonds is 7. The molecule has 0 bridgehead atoms. The molecule has 0 radical (unpaired) electrons. The van der Waals surface area contributed by atoms with Crippen molar-refractivity contribution >= 4 is 41.3 Å². The molecule has 2 aromatic carbocycles. The summed E-state index contributed by atoms with van der Waals surface area (Å²) in [5.74, 6) is 1.28. The molecule has 0 amide bonds. The molecule has 0 fully saturated rings. The van der Waals surface area contributed by atoms with Gasteiger partial charge < -0.3 is 15.8 Å². The first kappa shape index (κ1) is 21.2. The van der Waals surface area contributed by atoms with E-state index in [1.807, 2.05) is 47.8 Å². The second-order valence-electron chi connectivity index (χ2n) is 5.74. The average molecular weight is 494 g/mol. The van der Waals surface area contributed by atoms with Gasteiger partial charge in [-0.15, -0.1) is 35.3 Å². The van der Waals surface area contributed by atoms with Gasteiger partial charge in [0, 0.05) is 17.5 Å². The van der Waals surface area contributed by atoms with Crippen LogP contribution in [-0.4, -0.2) is 24.6 Å². The number of aromatic nitrogens is 1. The van der Waals surface area contributed by atoms with Gasteiger partial charge in [-0.25, -0.2) is 9.98 Å².